The van der Waals surface area contributed by atoms with Crippen molar-refractivity contribution >= 4 is 24.8 Å². The van der Waals surface area contributed by atoms with E-state index in [1.54, 1.807) is 12.1 Å². The molecule has 0 radical (unpaired) electrons. The molecule has 0 fully saturated rings. The molecule has 0 aliphatic heterocycles. The number of aliphatic hydroxyl groups is 1. The summed E-state index contributed by atoms with van der Waals surface area (Å²) in [5.74, 6) is -0.314. The molecule has 1 heterocycles. The molecule has 0 aliphatic rings. The molecule has 2 aromatic rings. The zero-order chi connectivity index (χ0) is 19.3. The Balaban J connectivity index is 2.21. The standard InChI is InChI=1S/C17H22NO6PS/c1-12(2)7-9-25(22,23)17(19)13-5-6-16(15(10-13)18(20)21)26-11-14-4-3-8-24-14/h3-6,8,10,12,17,19H,7,9,11H2,1-2H3,(H,22,23). The van der Waals surface area contributed by atoms with Gasteiger partial charge in [0.25, 0.3) is 5.69 Å². The van der Waals surface area contributed by atoms with Crippen molar-refractivity contribution in [3.05, 3.63) is 58.0 Å². The number of furan rings is 1. The maximum absolute atomic E-state index is 12.4. The van der Waals surface area contributed by atoms with E-state index in [-0.39, 0.29) is 23.3 Å². The first-order valence-corrected chi connectivity index (χ1v) is 11.0. The van der Waals surface area contributed by atoms with E-state index >= 15 is 0 Å². The number of hydrogen-bond acceptors (Lipinski definition) is 6. The van der Waals surface area contributed by atoms with Gasteiger partial charge in [-0.15, -0.1) is 11.8 Å². The van der Waals surface area contributed by atoms with Crippen molar-refractivity contribution in [1.29, 1.82) is 0 Å². The highest BCUT2D eigenvalue weighted by Crippen LogP contribution is 2.55. The Bertz CT molecular complexity index is 793. The highest BCUT2D eigenvalue weighted by molar-refractivity contribution is 7.98. The molecule has 2 N–H and O–H groups in total. The van der Waals surface area contributed by atoms with E-state index in [2.05, 4.69) is 0 Å². The third kappa shape index (κ3) is 5.45. The number of nitrogens with zero attached hydrogens (tertiary/aromatic N) is 1. The molecule has 0 bridgehead atoms. The normalized spacial score (nSPS) is 15.0. The van der Waals surface area contributed by atoms with Crippen LogP contribution in [0.4, 0.5) is 5.69 Å². The molecule has 0 saturated heterocycles. The van der Waals surface area contributed by atoms with E-state index in [9.17, 15) is 24.7 Å². The highest BCUT2D eigenvalue weighted by atomic mass is 32.2. The van der Waals surface area contributed by atoms with E-state index in [4.69, 9.17) is 4.42 Å². The van der Waals surface area contributed by atoms with Gasteiger partial charge in [0.2, 0.25) is 7.37 Å². The minimum atomic E-state index is -3.87. The fraction of sp³-hybridized carbons (Fsp3) is 0.412. The lowest BCUT2D eigenvalue weighted by Gasteiger charge is -2.19. The zero-order valence-electron chi connectivity index (χ0n) is 14.6. The molecule has 9 heteroatoms. The van der Waals surface area contributed by atoms with Gasteiger partial charge in [-0.2, -0.15) is 0 Å². The van der Waals surface area contributed by atoms with E-state index in [1.807, 2.05) is 13.8 Å². The lowest BCUT2D eigenvalue weighted by Crippen LogP contribution is -2.05. The van der Waals surface area contributed by atoms with Gasteiger partial charge in [0.1, 0.15) is 5.76 Å². The van der Waals surface area contributed by atoms with E-state index in [0.717, 1.165) is 0 Å². The number of thioether (sulfide) groups is 1. The van der Waals surface area contributed by atoms with Crippen LogP contribution in [0.5, 0.6) is 0 Å². The molecule has 7 nitrogen and oxygen atoms in total. The molecule has 0 aliphatic carbocycles. The van der Waals surface area contributed by atoms with Crippen molar-refractivity contribution in [1.82, 2.24) is 0 Å². The van der Waals surface area contributed by atoms with E-state index < -0.39 is 18.1 Å². The summed E-state index contributed by atoms with van der Waals surface area (Å²) in [6, 6.07) is 7.63. The summed E-state index contributed by atoms with van der Waals surface area (Å²) in [4.78, 5) is 21.4. The van der Waals surface area contributed by atoms with Crippen LogP contribution in [0.2, 0.25) is 0 Å². The van der Waals surface area contributed by atoms with Gasteiger partial charge in [-0.1, -0.05) is 19.9 Å². The summed E-state index contributed by atoms with van der Waals surface area (Å²) in [5.41, 5.74) is -0.129. The van der Waals surface area contributed by atoms with Gasteiger partial charge >= 0.3 is 0 Å². The van der Waals surface area contributed by atoms with Gasteiger partial charge in [-0.05, 0) is 36.1 Å². The van der Waals surface area contributed by atoms with E-state index in [0.29, 0.717) is 22.8 Å². The van der Waals surface area contributed by atoms with Crippen molar-refractivity contribution in [3.63, 3.8) is 0 Å². The Labute approximate surface area is 156 Å². The molecular weight excluding hydrogens is 377 g/mol. The SMILES string of the molecule is CC(C)CCP(=O)(O)C(O)c1ccc(SCc2ccco2)c([N+](=O)[O-])c1. The number of benzene rings is 1. The maximum Gasteiger partial charge on any atom is 0.283 e. The van der Waals surface area contributed by atoms with Crippen molar-refractivity contribution in [2.24, 2.45) is 5.92 Å². The highest BCUT2D eigenvalue weighted by Gasteiger charge is 2.32. The number of hydrogen-bond donors (Lipinski definition) is 2. The van der Waals surface area contributed by atoms with Crippen LogP contribution in [0.25, 0.3) is 0 Å². The molecule has 1 aromatic carbocycles. The van der Waals surface area contributed by atoms with Crippen LogP contribution in [-0.2, 0) is 10.3 Å². The largest absolute Gasteiger partial charge is 0.468 e. The average molecular weight is 399 g/mol. The zero-order valence-corrected chi connectivity index (χ0v) is 16.3. The first-order valence-electron chi connectivity index (χ1n) is 8.14. The lowest BCUT2D eigenvalue weighted by atomic mass is 10.2. The Kier molecular flexibility index (Phi) is 7.06. The molecule has 0 amide bonds. The third-order valence-electron chi connectivity index (χ3n) is 3.84. The van der Waals surface area contributed by atoms with Crippen LogP contribution in [0.3, 0.4) is 0 Å². The summed E-state index contributed by atoms with van der Waals surface area (Å²) < 4.78 is 17.6. The molecule has 2 unspecified atom stereocenters. The van der Waals surface area contributed by atoms with Gasteiger partial charge in [0, 0.05) is 12.2 Å². The van der Waals surface area contributed by atoms with Crippen molar-refractivity contribution in [2.75, 3.05) is 6.16 Å². The number of nitro groups is 1. The fourth-order valence-corrected chi connectivity index (χ4v) is 4.97. The van der Waals surface area contributed by atoms with E-state index in [1.165, 1.54) is 36.2 Å². The molecule has 2 rings (SSSR count). The third-order valence-corrected chi connectivity index (χ3v) is 6.88. The second-order valence-electron chi connectivity index (χ2n) is 6.39. The predicted molar refractivity (Wildman–Crippen MR) is 100 cm³/mol. The summed E-state index contributed by atoms with van der Waals surface area (Å²) in [6.07, 6.45) is 1.98. The second kappa shape index (κ2) is 8.86. The Morgan fingerprint density at radius 2 is 2.08 bits per heavy atom. The van der Waals surface area contributed by atoms with Gasteiger partial charge in [0.05, 0.1) is 21.8 Å². The summed E-state index contributed by atoms with van der Waals surface area (Å²) in [6.45, 7) is 3.84. The van der Waals surface area contributed by atoms with Crippen LogP contribution >= 0.6 is 19.1 Å². The van der Waals surface area contributed by atoms with Crippen molar-refractivity contribution in [2.45, 2.75) is 36.8 Å². The van der Waals surface area contributed by atoms with Crippen LogP contribution in [-0.4, -0.2) is 21.1 Å². The Morgan fingerprint density at radius 1 is 1.35 bits per heavy atom. The topological polar surface area (TPSA) is 114 Å². The molecule has 2 atom stereocenters. The molecule has 1 aromatic heterocycles. The quantitative estimate of drug-likeness (QED) is 0.270. The fourth-order valence-electron chi connectivity index (χ4n) is 2.30. The van der Waals surface area contributed by atoms with Crippen LogP contribution in [0.15, 0.2) is 45.9 Å². The molecule has 0 saturated carbocycles. The summed E-state index contributed by atoms with van der Waals surface area (Å²) in [7, 11) is -3.87. The first-order chi connectivity index (χ1) is 12.2. The van der Waals surface area contributed by atoms with Crippen LogP contribution in [0, 0.1) is 16.0 Å². The molecule has 142 valence electrons. The minimum Gasteiger partial charge on any atom is -0.468 e. The van der Waals surface area contributed by atoms with Crippen molar-refractivity contribution in [3.8, 4) is 0 Å². The maximum atomic E-state index is 12.4. The van der Waals surface area contributed by atoms with Crippen LogP contribution < -0.4 is 0 Å². The number of aliphatic hydroxyl groups excluding tert-OH is 1. The molecular formula is C17H22NO6PS. The van der Waals surface area contributed by atoms with Gasteiger partial charge in [0.15, 0.2) is 5.85 Å². The molecule has 26 heavy (non-hydrogen) atoms. The smallest absolute Gasteiger partial charge is 0.283 e. The summed E-state index contributed by atoms with van der Waals surface area (Å²) in [5, 5.41) is 21.7. The summed E-state index contributed by atoms with van der Waals surface area (Å²) >= 11 is 1.23. The van der Waals surface area contributed by atoms with Gasteiger partial charge in [-0.25, -0.2) is 0 Å². The number of nitro benzene ring substituents is 1. The van der Waals surface area contributed by atoms with Gasteiger partial charge < -0.3 is 14.4 Å². The Hall–Kier alpha value is -1.60. The number of rotatable bonds is 9. The van der Waals surface area contributed by atoms with Gasteiger partial charge in [-0.3, -0.25) is 14.7 Å². The minimum absolute atomic E-state index is 0.0331. The Morgan fingerprint density at radius 3 is 2.65 bits per heavy atom. The molecule has 0 spiro atoms. The average Bonchev–Trinajstić information content (AvgIpc) is 3.11. The monoisotopic (exact) mass is 399 g/mol. The predicted octanol–water partition coefficient (Wildman–Crippen LogP) is 4.79. The van der Waals surface area contributed by atoms with Crippen LogP contribution in [0.1, 0.15) is 37.4 Å². The first kappa shape index (κ1) is 20.7. The lowest BCUT2D eigenvalue weighted by molar-refractivity contribution is -0.387. The second-order valence-corrected chi connectivity index (χ2v) is 9.85. The van der Waals surface area contributed by atoms with Crippen molar-refractivity contribution < 1.29 is 23.9 Å².